The fraction of sp³-hybridized carbons (Fsp3) is 0.333. The number of hydrogen-bond acceptors (Lipinski definition) is 5. The Morgan fingerprint density at radius 2 is 1.86 bits per heavy atom. The predicted octanol–water partition coefficient (Wildman–Crippen LogP) is 2.72. The fourth-order valence-corrected chi connectivity index (χ4v) is 4.44. The van der Waals surface area contributed by atoms with Crippen LogP contribution >= 0.6 is 11.6 Å². The molecular formula is C18H22ClN3O5S. The van der Waals surface area contributed by atoms with Gasteiger partial charge in [-0.1, -0.05) is 23.7 Å². The first-order valence-electron chi connectivity index (χ1n) is 8.46. The number of H-pyrrole nitrogens is 1. The molecule has 0 radical (unpaired) electrons. The van der Waals surface area contributed by atoms with Crippen molar-refractivity contribution in [2.45, 2.75) is 25.7 Å². The number of benzene rings is 1. The summed E-state index contributed by atoms with van der Waals surface area (Å²) < 4.78 is 31.9. The van der Waals surface area contributed by atoms with Crippen molar-refractivity contribution in [1.29, 1.82) is 0 Å². The van der Waals surface area contributed by atoms with E-state index >= 15 is 0 Å². The van der Waals surface area contributed by atoms with Gasteiger partial charge in [0.2, 0.25) is 15.9 Å². The van der Waals surface area contributed by atoms with Gasteiger partial charge in [-0.15, -0.1) is 0 Å². The fourth-order valence-electron chi connectivity index (χ4n) is 2.73. The van der Waals surface area contributed by atoms with E-state index in [1.165, 1.54) is 7.05 Å². The zero-order valence-electron chi connectivity index (χ0n) is 16.0. The summed E-state index contributed by atoms with van der Waals surface area (Å²) in [7, 11) is -2.87. The van der Waals surface area contributed by atoms with Crippen LogP contribution in [0.25, 0.3) is 0 Å². The summed E-state index contributed by atoms with van der Waals surface area (Å²) in [5.74, 6) is -1.31. The highest BCUT2D eigenvalue weighted by atomic mass is 35.5. The number of aromatic nitrogens is 1. The highest BCUT2D eigenvalue weighted by Gasteiger charge is 2.33. The third-order valence-corrected chi connectivity index (χ3v) is 6.29. The van der Waals surface area contributed by atoms with Crippen LogP contribution in [0.1, 0.15) is 28.7 Å². The summed E-state index contributed by atoms with van der Waals surface area (Å²) >= 11 is 6.00. The minimum absolute atomic E-state index is 0.0577. The Morgan fingerprint density at radius 3 is 2.46 bits per heavy atom. The largest absolute Gasteiger partial charge is 0.462 e. The lowest BCUT2D eigenvalue weighted by molar-refractivity contribution is -0.116. The number of likely N-dealkylation sites (N-methyl/N-ethyl adjacent to an activating group) is 1. The number of anilines is 1. The Hall–Kier alpha value is -2.36. The molecule has 152 valence electrons. The third kappa shape index (κ3) is 4.54. The Bertz CT molecular complexity index is 1000. The van der Waals surface area contributed by atoms with Gasteiger partial charge in [-0.05, 0) is 32.9 Å². The molecule has 0 aliphatic heterocycles. The first kappa shape index (κ1) is 21.9. The van der Waals surface area contributed by atoms with Gasteiger partial charge >= 0.3 is 5.97 Å². The molecule has 10 heteroatoms. The molecule has 0 spiro atoms. The van der Waals surface area contributed by atoms with Crippen LogP contribution in [0.15, 0.2) is 29.2 Å². The van der Waals surface area contributed by atoms with Gasteiger partial charge in [-0.2, -0.15) is 4.31 Å². The molecule has 2 aromatic rings. The predicted molar refractivity (Wildman–Crippen MR) is 106 cm³/mol. The molecule has 1 heterocycles. The maximum atomic E-state index is 13.0. The quantitative estimate of drug-likeness (QED) is 0.660. The molecule has 1 aromatic carbocycles. The number of hydrogen-bond donors (Lipinski definition) is 2. The number of halogens is 1. The number of sulfonamides is 1. The van der Waals surface area contributed by atoms with E-state index in [4.69, 9.17) is 16.3 Å². The number of nitrogens with zero attached hydrogens (tertiary/aromatic N) is 1. The lowest BCUT2D eigenvalue weighted by atomic mass is 10.2. The van der Waals surface area contributed by atoms with E-state index in [0.717, 1.165) is 4.31 Å². The number of carbonyl (C=O) groups is 2. The smallest absolute Gasteiger partial charge is 0.341 e. The summed E-state index contributed by atoms with van der Waals surface area (Å²) in [5.41, 5.74) is 0.987. The number of ether oxygens (including phenoxy) is 1. The van der Waals surface area contributed by atoms with Gasteiger partial charge in [0.15, 0.2) is 0 Å². The van der Waals surface area contributed by atoms with Gasteiger partial charge in [-0.3, -0.25) is 4.79 Å². The van der Waals surface area contributed by atoms with E-state index in [0.29, 0.717) is 22.1 Å². The second-order valence-corrected chi connectivity index (χ2v) is 8.48. The molecule has 0 bridgehead atoms. The van der Waals surface area contributed by atoms with Crippen LogP contribution in [0.2, 0.25) is 5.02 Å². The van der Waals surface area contributed by atoms with Crippen molar-refractivity contribution in [2.75, 3.05) is 25.5 Å². The Kier molecular flexibility index (Phi) is 6.87. The van der Waals surface area contributed by atoms with Gasteiger partial charge in [-0.25, -0.2) is 13.2 Å². The van der Waals surface area contributed by atoms with E-state index in [1.807, 2.05) is 0 Å². The summed E-state index contributed by atoms with van der Waals surface area (Å²) in [6.07, 6.45) is 0. The number of amides is 1. The maximum Gasteiger partial charge on any atom is 0.341 e. The number of carbonyl (C=O) groups excluding carboxylic acids is 2. The van der Waals surface area contributed by atoms with E-state index in [9.17, 15) is 18.0 Å². The molecule has 2 rings (SSSR count). The van der Waals surface area contributed by atoms with Crippen LogP contribution in [0.3, 0.4) is 0 Å². The average molecular weight is 428 g/mol. The number of aryl methyl sites for hydroxylation is 2. The highest BCUT2D eigenvalue weighted by Crippen LogP contribution is 2.27. The van der Waals surface area contributed by atoms with Gasteiger partial charge in [0.05, 0.1) is 23.9 Å². The van der Waals surface area contributed by atoms with Crippen molar-refractivity contribution in [1.82, 2.24) is 9.29 Å². The molecule has 2 N–H and O–H groups in total. The molecule has 0 atom stereocenters. The summed E-state index contributed by atoms with van der Waals surface area (Å²) in [5, 5.41) is 2.90. The lowest BCUT2D eigenvalue weighted by Crippen LogP contribution is -2.35. The van der Waals surface area contributed by atoms with Crippen molar-refractivity contribution in [2.24, 2.45) is 0 Å². The molecule has 0 aliphatic rings. The number of para-hydroxylation sites is 1. The number of nitrogens with one attached hydrogen (secondary N) is 2. The number of esters is 1. The standard InChI is InChI=1S/C18H22ClN3O5S/c1-5-27-18(24)16-11(2)20-12(3)17(16)28(25,26)22(4)10-15(23)21-14-9-7-6-8-13(14)19/h6-9,20H,5,10H2,1-4H3,(H,21,23). The first-order valence-corrected chi connectivity index (χ1v) is 10.3. The maximum absolute atomic E-state index is 13.0. The third-order valence-electron chi connectivity index (χ3n) is 3.98. The van der Waals surface area contributed by atoms with Crippen LogP contribution in [-0.4, -0.2) is 49.8 Å². The molecular weight excluding hydrogens is 406 g/mol. The molecule has 8 nitrogen and oxygen atoms in total. The zero-order valence-corrected chi connectivity index (χ0v) is 17.6. The van der Waals surface area contributed by atoms with Crippen molar-refractivity contribution < 1.29 is 22.7 Å². The van der Waals surface area contributed by atoms with Gasteiger partial charge in [0.25, 0.3) is 0 Å². The molecule has 0 saturated carbocycles. The molecule has 0 saturated heterocycles. The Balaban J connectivity index is 2.28. The van der Waals surface area contributed by atoms with Gasteiger partial charge in [0, 0.05) is 18.4 Å². The van der Waals surface area contributed by atoms with Crippen molar-refractivity contribution in [3.05, 3.63) is 46.2 Å². The molecule has 1 amide bonds. The van der Waals surface area contributed by atoms with Crippen LogP contribution in [0, 0.1) is 13.8 Å². The molecule has 0 fully saturated rings. The van der Waals surface area contributed by atoms with Crippen molar-refractivity contribution >= 4 is 39.2 Å². The van der Waals surface area contributed by atoms with Crippen molar-refractivity contribution in [3.8, 4) is 0 Å². The second-order valence-electron chi connectivity index (χ2n) is 6.09. The second kappa shape index (κ2) is 8.76. The molecule has 0 aliphatic carbocycles. The highest BCUT2D eigenvalue weighted by molar-refractivity contribution is 7.89. The van der Waals surface area contributed by atoms with Crippen LogP contribution in [0.4, 0.5) is 5.69 Å². The molecule has 0 unspecified atom stereocenters. The lowest BCUT2D eigenvalue weighted by Gasteiger charge is -2.18. The summed E-state index contributed by atoms with van der Waals surface area (Å²) in [6.45, 7) is 4.41. The van der Waals surface area contributed by atoms with E-state index in [-0.39, 0.29) is 17.1 Å². The van der Waals surface area contributed by atoms with E-state index in [2.05, 4.69) is 10.3 Å². The van der Waals surface area contributed by atoms with Gasteiger partial charge in [0.1, 0.15) is 10.5 Å². The van der Waals surface area contributed by atoms with Gasteiger partial charge < -0.3 is 15.0 Å². The normalized spacial score (nSPS) is 11.5. The summed E-state index contributed by atoms with van der Waals surface area (Å²) in [6, 6.07) is 6.62. The molecule has 1 aromatic heterocycles. The minimum atomic E-state index is -4.13. The van der Waals surface area contributed by atoms with Crippen molar-refractivity contribution in [3.63, 3.8) is 0 Å². The first-order chi connectivity index (χ1) is 13.1. The SMILES string of the molecule is CCOC(=O)c1c(C)[nH]c(C)c1S(=O)(=O)N(C)CC(=O)Nc1ccccc1Cl. The number of rotatable bonds is 7. The Labute approximate surface area is 168 Å². The number of aromatic amines is 1. The van der Waals surface area contributed by atoms with Crippen LogP contribution in [0.5, 0.6) is 0 Å². The average Bonchev–Trinajstić information content (AvgIpc) is 2.91. The van der Waals surface area contributed by atoms with Crippen LogP contribution < -0.4 is 5.32 Å². The monoisotopic (exact) mass is 427 g/mol. The zero-order chi connectivity index (χ0) is 21.1. The summed E-state index contributed by atoms with van der Waals surface area (Å²) in [4.78, 5) is 27.2. The van der Waals surface area contributed by atoms with Crippen LogP contribution in [-0.2, 0) is 19.6 Å². The Morgan fingerprint density at radius 1 is 1.21 bits per heavy atom. The van der Waals surface area contributed by atoms with E-state index in [1.54, 1.807) is 45.0 Å². The van der Waals surface area contributed by atoms with E-state index < -0.39 is 28.4 Å². The molecule has 28 heavy (non-hydrogen) atoms. The topological polar surface area (TPSA) is 109 Å². The minimum Gasteiger partial charge on any atom is -0.462 e.